The van der Waals surface area contributed by atoms with Crippen molar-refractivity contribution < 1.29 is 17.9 Å². The molecule has 0 amide bonds. The maximum absolute atomic E-state index is 11.9. The summed E-state index contributed by atoms with van der Waals surface area (Å²) in [7, 11) is 0. The lowest BCUT2D eigenvalue weighted by Crippen LogP contribution is -2.23. The Bertz CT molecular complexity index is 369. The van der Waals surface area contributed by atoms with Gasteiger partial charge in [-0.1, -0.05) is 13.8 Å². The predicted molar refractivity (Wildman–Crippen MR) is 59.7 cm³/mol. The van der Waals surface area contributed by atoms with Gasteiger partial charge in [-0.3, -0.25) is 0 Å². The zero-order valence-electron chi connectivity index (χ0n) is 10.3. The highest BCUT2D eigenvalue weighted by atomic mass is 19.4. The molecule has 1 N–H and O–H groups in total. The number of halogens is 3. The van der Waals surface area contributed by atoms with Crippen LogP contribution in [-0.2, 0) is 17.9 Å². The van der Waals surface area contributed by atoms with Crippen LogP contribution >= 0.6 is 0 Å². The van der Waals surface area contributed by atoms with E-state index in [1.165, 1.54) is 6.20 Å². The van der Waals surface area contributed by atoms with Crippen molar-refractivity contribution in [1.82, 2.24) is 15.3 Å². The molecule has 4 nitrogen and oxygen atoms in total. The summed E-state index contributed by atoms with van der Waals surface area (Å²) in [5.41, 5.74) is 0.726. The van der Waals surface area contributed by atoms with Crippen LogP contribution in [0.4, 0.5) is 13.2 Å². The molecule has 0 aromatic carbocycles. The Morgan fingerprint density at radius 2 is 2.11 bits per heavy atom. The second-order valence-corrected chi connectivity index (χ2v) is 4.11. The highest BCUT2D eigenvalue weighted by molar-refractivity contribution is 5.01. The van der Waals surface area contributed by atoms with Gasteiger partial charge in [0.1, 0.15) is 13.2 Å². The van der Waals surface area contributed by atoms with Crippen LogP contribution in [0.1, 0.15) is 25.4 Å². The lowest BCUT2D eigenvalue weighted by atomic mass is 10.3. The van der Waals surface area contributed by atoms with E-state index in [9.17, 15) is 13.2 Å². The van der Waals surface area contributed by atoms with Gasteiger partial charge in [-0.05, 0) is 6.07 Å². The summed E-state index contributed by atoms with van der Waals surface area (Å²) in [4.78, 5) is 7.95. The maximum Gasteiger partial charge on any atom is 0.411 e. The first-order chi connectivity index (χ1) is 8.37. The maximum atomic E-state index is 11.9. The van der Waals surface area contributed by atoms with E-state index >= 15 is 0 Å². The van der Waals surface area contributed by atoms with Crippen molar-refractivity contribution in [2.75, 3.05) is 6.61 Å². The van der Waals surface area contributed by atoms with Crippen LogP contribution in [0.3, 0.4) is 0 Å². The van der Waals surface area contributed by atoms with E-state index in [1.54, 1.807) is 6.07 Å². The van der Waals surface area contributed by atoms with Gasteiger partial charge in [0, 0.05) is 18.8 Å². The molecule has 0 radical (unpaired) electrons. The molecule has 0 fully saturated rings. The molecule has 0 unspecified atom stereocenters. The van der Waals surface area contributed by atoms with Gasteiger partial charge in [0.2, 0.25) is 0 Å². The molecular formula is C11H16F3N3O. The Kier molecular flexibility index (Phi) is 5.49. The van der Waals surface area contributed by atoms with Crippen LogP contribution < -0.4 is 5.32 Å². The van der Waals surface area contributed by atoms with Gasteiger partial charge in [0.15, 0.2) is 5.82 Å². The molecule has 0 saturated carbocycles. The topological polar surface area (TPSA) is 47.0 Å². The second kappa shape index (κ2) is 6.65. The molecule has 7 heteroatoms. The number of rotatable bonds is 6. The molecule has 18 heavy (non-hydrogen) atoms. The van der Waals surface area contributed by atoms with E-state index in [-0.39, 0.29) is 12.4 Å². The molecule has 0 spiro atoms. The Balaban J connectivity index is 2.44. The fourth-order valence-corrected chi connectivity index (χ4v) is 1.18. The average molecular weight is 263 g/mol. The van der Waals surface area contributed by atoms with E-state index in [4.69, 9.17) is 0 Å². The number of nitrogens with one attached hydrogen (secondary N) is 1. The largest absolute Gasteiger partial charge is 0.411 e. The third-order valence-electron chi connectivity index (χ3n) is 1.95. The van der Waals surface area contributed by atoms with Crippen molar-refractivity contribution in [3.05, 3.63) is 23.8 Å². The van der Waals surface area contributed by atoms with E-state index in [2.05, 4.69) is 20.0 Å². The number of hydrogen-bond donors (Lipinski definition) is 1. The van der Waals surface area contributed by atoms with Gasteiger partial charge in [-0.2, -0.15) is 13.2 Å². The molecule has 0 aliphatic heterocycles. The number of alkyl halides is 3. The number of hydrogen-bond acceptors (Lipinski definition) is 4. The first kappa shape index (κ1) is 14.8. The fourth-order valence-electron chi connectivity index (χ4n) is 1.18. The molecule has 0 aliphatic carbocycles. The van der Waals surface area contributed by atoms with Crippen LogP contribution in [0.25, 0.3) is 0 Å². The van der Waals surface area contributed by atoms with Crippen LogP contribution in [-0.4, -0.2) is 28.8 Å². The summed E-state index contributed by atoms with van der Waals surface area (Å²) in [5.74, 6) is 0.252. The Labute approximate surface area is 104 Å². The normalized spacial score (nSPS) is 12.1. The number of aromatic nitrogens is 2. The summed E-state index contributed by atoms with van der Waals surface area (Å²) in [6.45, 7) is 3.01. The third kappa shape index (κ3) is 6.51. The van der Waals surface area contributed by atoms with Gasteiger partial charge >= 0.3 is 6.18 Å². The molecule has 1 heterocycles. The number of nitrogens with zero attached hydrogens (tertiary/aromatic N) is 2. The highest BCUT2D eigenvalue weighted by Crippen LogP contribution is 2.14. The summed E-state index contributed by atoms with van der Waals surface area (Å²) >= 11 is 0. The van der Waals surface area contributed by atoms with Crippen molar-refractivity contribution in [2.45, 2.75) is 39.2 Å². The number of ether oxygens (including phenoxy) is 1. The first-order valence-corrected chi connectivity index (χ1v) is 5.55. The Hall–Kier alpha value is -1.21. The van der Waals surface area contributed by atoms with Crippen molar-refractivity contribution in [3.8, 4) is 0 Å². The quantitative estimate of drug-likeness (QED) is 0.853. The Morgan fingerprint density at radius 3 is 2.72 bits per heavy atom. The minimum absolute atomic E-state index is 0.241. The lowest BCUT2D eigenvalue weighted by molar-refractivity contribution is -0.177. The summed E-state index contributed by atoms with van der Waals surface area (Å²) < 4.78 is 40.1. The van der Waals surface area contributed by atoms with Crippen LogP contribution in [0.15, 0.2) is 12.3 Å². The van der Waals surface area contributed by atoms with Crippen LogP contribution in [0, 0.1) is 0 Å². The van der Waals surface area contributed by atoms with Gasteiger partial charge in [-0.25, -0.2) is 9.97 Å². The van der Waals surface area contributed by atoms with E-state index in [0.717, 1.165) is 5.69 Å². The molecule has 1 rings (SSSR count). The predicted octanol–water partition coefficient (Wildman–Crippen LogP) is 2.05. The lowest BCUT2D eigenvalue weighted by Gasteiger charge is -2.09. The van der Waals surface area contributed by atoms with Crippen LogP contribution in [0.2, 0.25) is 0 Å². The van der Waals surface area contributed by atoms with Gasteiger partial charge < -0.3 is 10.1 Å². The van der Waals surface area contributed by atoms with Crippen molar-refractivity contribution in [1.29, 1.82) is 0 Å². The zero-order valence-corrected chi connectivity index (χ0v) is 10.3. The molecule has 0 atom stereocenters. The second-order valence-electron chi connectivity index (χ2n) is 4.11. The molecule has 1 aromatic rings. The monoisotopic (exact) mass is 263 g/mol. The summed E-state index contributed by atoms with van der Waals surface area (Å²) in [6.07, 6.45) is -2.81. The third-order valence-corrected chi connectivity index (χ3v) is 1.95. The molecule has 102 valence electrons. The van der Waals surface area contributed by atoms with Gasteiger partial charge in [0.05, 0.1) is 5.69 Å². The minimum atomic E-state index is -4.32. The smallest absolute Gasteiger partial charge is 0.364 e. The molecule has 0 saturated heterocycles. The summed E-state index contributed by atoms with van der Waals surface area (Å²) in [5, 5.41) is 3.16. The van der Waals surface area contributed by atoms with Crippen molar-refractivity contribution >= 4 is 0 Å². The van der Waals surface area contributed by atoms with Crippen molar-refractivity contribution in [2.24, 2.45) is 0 Å². The average Bonchev–Trinajstić information content (AvgIpc) is 2.25. The molecule has 0 bridgehead atoms. The van der Waals surface area contributed by atoms with E-state index < -0.39 is 12.8 Å². The fraction of sp³-hybridized carbons (Fsp3) is 0.636. The first-order valence-electron chi connectivity index (χ1n) is 5.55. The van der Waals surface area contributed by atoms with E-state index in [1.807, 2.05) is 13.8 Å². The molecule has 0 aliphatic rings. The van der Waals surface area contributed by atoms with Gasteiger partial charge in [0.25, 0.3) is 0 Å². The standard InChI is InChI=1S/C11H16F3N3O/c1-8(2)16-5-9-3-4-15-10(17-9)6-18-7-11(12,13)14/h3-4,8,16H,5-7H2,1-2H3. The van der Waals surface area contributed by atoms with Crippen molar-refractivity contribution in [3.63, 3.8) is 0 Å². The van der Waals surface area contributed by atoms with Gasteiger partial charge in [-0.15, -0.1) is 0 Å². The molecule has 1 aromatic heterocycles. The highest BCUT2D eigenvalue weighted by Gasteiger charge is 2.27. The molecular weight excluding hydrogens is 247 g/mol. The minimum Gasteiger partial charge on any atom is -0.364 e. The van der Waals surface area contributed by atoms with E-state index in [0.29, 0.717) is 12.6 Å². The zero-order chi connectivity index (χ0) is 13.6. The Morgan fingerprint density at radius 1 is 1.39 bits per heavy atom. The summed E-state index contributed by atoms with van der Waals surface area (Å²) in [6, 6.07) is 2.02. The van der Waals surface area contributed by atoms with Crippen LogP contribution in [0.5, 0.6) is 0 Å². The SMILES string of the molecule is CC(C)NCc1ccnc(COCC(F)(F)F)n1.